The van der Waals surface area contributed by atoms with E-state index in [1.807, 2.05) is 20.8 Å². The number of rotatable bonds is 7. The molecular formula is C21H43N. The molecule has 1 nitrogen and oxygen atoms in total. The molecule has 0 aromatic rings. The number of hydrogen-bond acceptors (Lipinski definition) is 1. The van der Waals surface area contributed by atoms with Crippen LogP contribution in [0.5, 0.6) is 0 Å². The van der Waals surface area contributed by atoms with E-state index in [-0.39, 0.29) is 0 Å². The topological polar surface area (TPSA) is 26.0 Å². The summed E-state index contributed by atoms with van der Waals surface area (Å²) in [6.07, 6.45) is 13.4. The van der Waals surface area contributed by atoms with Crippen LogP contribution < -0.4 is 5.73 Å². The third kappa shape index (κ3) is 15.7. The van der Waals surface area contributed by atoms with Crippen LogP contribution in [0.2, 0.25) is 0 Å². The molecule has 132 valence electrons. The van der Waals surface area contributed by atoms with Crippen molar-refractivity contribution >= 4 is 0 Å². The van der Waals surface area contributed by atoms with Gasteiger partial charge in [-0.15, -0.1) is 6.58 Å². The van der Waals surface area contributed by atoms with Crippen LogP contribution in [-0.2, 0) is 0 Å². The molecule has 0 amide bonds. The summed E-state index contributed by atoms with van der Waals surface area (Å²) < 4.78 is 0. The van der Waals surface area contributed by atoms with Gasteiger partial charge in [-0.25, -0.2) is 0 Å². The molecule has 0 saturated heterocycles. The molecule has 1 aliphatic rings. The quantitative estimate of drug-likeness (QED) is 0.493. The summed E-state index contributed by atoms with van der Waals surface area (Å²) in [5, 5.41) is 0. The zero-order valence-corrected chi connectivity index (χ0v) is 16.2. The van der Waals surface area contributed by atoms with Crippen LogP contribution in [0.15, 0.2) is 24.4 Å². The Labute approximate surface area is 141 Å². The molecule has 2 unspecified atom stereocenters. The molecule has 0 aromatic heterocycles. The maximum absolute atomic E-state index is 5.35. The van der Waals surface area contributed by atoms with Gasteiger partial charge in [0.25, 0.3) is 0 Å². The Morgan fingerprint density at radius 1 is 1.05 bits per heavy atom. The van der Waals surface area contributed by atoms with E-state index in [1.54, 1.807) is 0 Å². The lowest BCUT2D eigenvalue weighted by Crippen LogP contribution is -2.16. The monoisotopic (exact) mass is 309 g/mol. The second kappa shape index (κ2) is 16.6. The number of nitrogens with two attached hydrogens (primary N) is 1. The van der Waals surface area contributed by atoms with Crippen LogP contribution in [0, 0.1) is 11.8 Å². The van der Waals surface area contributed by atoms with E-state index in [9.17, 15) is 0 Å². The van der Waals surface area contributed by atoms with Gasteiger partial charge in [0.2, 0.25) is 0 Å². The zero-order chi connectivity index (χ0) is 17.4. The van der Waals surface area contributed by atoms with E-state index in [1.165, 1.54) is 50.5 Å². The molecule has 0 spiro atoms. The first-order chi connectivity index (χ1) is 10.5. The van der Waals surface area contributed by atoms with Gasteiger partial charge in [0, 0.05) is 5.70 Å². The fourth-order valence-electron chi connectivity index (χ4n) is 2.91. The maximum atomic E-state index is 5.35. The molecule has 0 heterocycles. The normalized spacial score (nSPS) is 20.0. The standard InChI is InChI=1S/C11H22.C8H15N.C2H6/c1-3-4-8-11-9-6-5-7-10(11)2;1-7(2)5-4-6-8(3)9;1-2/h10-11H,3-9H2,1-2H3;1,3-6,9H2,2H3;1-2H3. The lowest BCUT2D eigenvalue weighted by molar-refractivity contribution is 0.237. The molecule has 1 rings (SSSR count). The van der Waals surface area contributed by atoms with Gasteiger partial charge in [0.1, 0.15) is 0 Å². The van der Waals surface area contributed by atoms with E-state index < -0.39 is 0 Å². The highest BCUT2D eigenvalue weighted by molar-refractivity contribution is 4.91. The van der Waals surface area contributed by atoms with Crippen LogP contribution in [-0.4, -0.2) is 0 Å². The predicted octanol–water partition coefficient (Wildman–Crippen LogP) is 7.23. The Hall–Kier alpha value is -0.720. The van der Waals surface area contributed by atoms with Gasteiger partial charge in [-0.2, -0.15) is 0 Å². The van der Waals surface area contributed by atoms with E-state index in [4.69, 9.17) is 5.73 Å². The van der Waals surface area contributed by atoms with E-state index in [2.05, 4.69) is 27.0 Å². The maximum Gasteiger partial charge on any atom is 0.000755 e. The van der Waals surface area contributed by atoms with Crippen molar-refractivity contribution in [2.24, 2.45) is 17.6 Å². The first-order valence-corrected chi connectivity index (χ1v) is 9.55. The third-order valence-corrected chi connectivity index (χ3v) is 4.32. The smallest absolute Gasteiger partial charge is 0.000755 e. The molecular weight excluding hydrogens is 266 g/mol. The van der Waals surface area contributed by atoms with Crippen molar-refractivity contribution in [1.29, 1.82) is 0 Å². The molecule has 1 heteroatoms. The highest BCUT2D eigenvalue weighted by atomic mass is 14.5. The molecule has 1 fully saturated rings. The SMILES string of the molecule is C=C(C)CCCC(=C)N.CC.CCCCC1CCCCC1C. The first-order valence-electron chi connectivity index (χ1n) is 9.55. The van der Waals surface area contributed by atoms with Gasteiger partial charge in [0.05, 0.1) is 0 Å². The third-order valence-electron chi connectivity index (χ3n) is 4.32. The van der Waals surface area contributed by atoms with Crippen LogP contribution >= 0.6 is 0 Å². The number of unbranched alkanes of at least 4 members (excludes halogenated alkanes) is 1. The second-order valence-electron chi connectivity index (χ2n) is 6.63. The van der Waals surface area contributed by atoms with Gasteiger partial charge in [-0.05, 0) is 38.0 Å². The molecule has 0 bridgehead atoms. The lowest BCUT2D eigenvalue weighted by atomic mass is 9.78. The zero-order valence-electron chi connectivity index (χ0n) is 16.2. The average molecular weight is 310 g/mol. The minimum Gasteiger partial charge on any atom is -0.403 e. The number of hydrogen-bond donors (Lipinski definition) is 1. The highest BCUT2D eigenvalue weighted by Gasteiger charge is 2.19. The van der Waals surface area contributed by atoms with Crippen molar-refractivity contribution in [3.8, 4) is 0 Å². The second-order valence-corrected chi connectivity index (χ2v) is 6.63. The largest absolute Gasteiger partial charge is 0.403 e. The van der Waals surface area contributed by atoms with Crippen LogP contribution in [0.4, 0.5) is 0 Å². The van der Waals surface area contributed by atoms with Gasteiger partial charge >= 0.3 is 0 Å². The fraction of sp³-hybridized carbons (Fsp3) is 0.810. The van der Waals surface area contributed by atoms with E-state index in [0.717, 1.165) is 36.8 Å². The summed E-state index contributed by atoms with van der Waals surface area (Å²) in [7, 11) is 0. The lowest BCUT2D eigenvalue weighted by Gasteiger charge is -2.28. The molecule has 2 N–H and O–H groups in total. The van der Waals surface area contributed by atoms with Crippen molar-refractivity contribution in [3.05, 3.63) is 24.4 Å². The van der Waals surface area contributed by atoms with Crippen molar-refractivity contribution in [2.45, 2.75) is 98.8 Å². The molecule has 2 atom stereocenters. The molecule has 0 aromatic carbocycles. The Morgan fingerprint density at radius 2 is 1.64 bits per heavy atom. The van der Waals surface area contributed by atoms with Gasteiger partial charge in [-0.1, -0.05) is 84.8 Å². The van der Waals surface area contributed by atoms with E-state index >= 15 is 0 Å². The summed E-state index contributed by atoms with van der Waals surface area (Å²) in [5.74, 6) is 2.10. The van der Waals surface area contributed by atoms with Crippen molar-refractivity contribution < 1.29 is 0 Å². The van der Waals surface area contributed by atoms with Crippen molar-refractivity contribution in [2.75, 3.05) is 0 Å². The highest BCUT2D eigenvalue weighted by Crippen LogP contribution is 2.32. The number of allylic oxidation sites excluding steroid dienone is 2. The summed E-state index contributed by atoms with van der Waals surface area (Å²) in [6.45, 7) is 18.2. The molecule has 0 aliphatic heterocycles. The minimum atomic E-state index is 0.774. The van der Waals surface area contributed by atoms with E-state index in [0.29, 0.717) is 0 Å². The summed E-state index contributed by atoms with van der Waals surface area (Å²) in [6, 6.07) is 0. The Balaban J connectivity index is 0. The molecule has 22 heavy (non-hydrogen) atoms. The first kappa shape index (κ1) is 23.5. The predicted molar refractivity (Wildman–Crippen MR) is 104 cm³/mol. The van der Waals surface area contributed by atoms with Crippen molar-refractivity contribution in [1.82, 2.24) is 0 Å². The Bertz CT molecular complexity index is 253. The minimum absolute atomic E-state index is 0.774. The van der Waals surface area contributed by atoms with Gasteiger partial charge in [-0.3, -0.25) is 0 Å². The van der Waals surface area contributed by atoms with Crippen LogP contribution in [0.25, 0.3) is 0 Å². The fourth-order valence-corrected chi connectivity index (χ4v) is 2.91. The van der Waals surface area contributed by atoms with Crippen molar-refractivity contribution in [3.63, 3.8) is 0 Å². The van der Waals surface area contributed by atoms with Crippen LogP contribution in [0.3, 0.4) is 0 Å². The van der Waals surface area contributed by atoms with Gasteiger partial charge < -0.3 is 5.73 Å². The summed E-state index contributed by atoms with van der Waals surface area (Å²) in [4.78, 5) is 0. The van der Waals surface area contributed by atoms with Crippen LogP contribution in [0.1, 0.15) is 98.8 Å². The molecule has 0 radical (unpaired) electrons. The summed E-state index contributed by atoms with van der Waals surface area (Å²) in [5.41, 5.74) is 7.35. The average Bonchev–Trinajstić information content (AvgIpc) is 2.48. The molecule has 1 aliphatic carbocycles. The Morgan fingerprint density at radius 3 is 2.09 bits per heavy atom. The summed E-state index contributed by atoms with van der Waals surface area (Å²) >= 11 is 0. The molecule has 1 saturated carbocycles. The Kier molecular flexibility index (Phi) is 17.8. The van der Waals surface area contributed by atoms with Gasteiger partial charge in [0.15, 0.2) is 0 Å².